The number of nitrogens with two attached hydrogens (primary N) is 1. The molecule has 1 unspecified atom stereocenters. The molecule has 2 heterocycles. The largest absolute Gasteiger partial charge is 0.454 e. The lowest BCUT2D eigenvalue weighted by Crippen LogP contribution is -2.41. The van der Waals surface area contributed by atoms with Crippen molar-refractivity contribution in [3.8, 4) is 11.5 Å². The highest BCUT2D eigenvalue weighted by molar-refractivity contribution is 6.30. The van der Waals surface area contributed by atoms with Crippen molar-refractivity contribution in [2.45, 2.75) is 38.1 Å². The van der Waals surface area contributed by atoms with E-state index in [2.05, 4.69) is 20.8 Å². The number of carbonyl (C=O) groups is 3. The molecule has 0 saturated heterocycles. The van der Waals surface area contributed by atoms with E-state index in [9.17, 15) is 14.4 Å². The molecule has 0 bridgehead atoms. The number of fused-ring (bicyclic) bond motifs is 1. The van der Waals surface area contributed by atoms with Crippen molar-refractivity contribution in [1.29, 1.82) is 0 Å². The predicted molar refractivity (Wildman–Crippen MR) is 162 cm³/mol. The SMILES string of the molecule is NCCCCC(NC(=O)c1ccc2c(c1)OCO2)C(=O)c1noc(Cc2ccc(C(=O)NCCc3cccc(Cl)c3)cc2)n1. The van der Waals surface area contributed by atoms with Gasteiger partial charge in [0, 0.05) is 22.7 Å². The van der Waals surface area contributed by atoms with Crippen molar-refractivity contribution in [1.82, 2.24) is 20.8 Å². The van der Waals surface area contributed by atoms with E-state index in [4.69, 9.17) is 31.3 Å². The van der Waals surface area contributed by atoms with E-state index in [0.717, 1.165) is 11.1 Å². The average Bonchev–Trinajstić information content (AvgIpc) is 3.70. The maximum atomic E-state index is 13.3. The van der Waals surface area contributed by atoms with Gasteiger partial charge in [-0.1, -0.05) is 41.0 Å². The molecule has 1 aromatic heterocycles. The summed E-state index contributed by atoms with van der Waals surface area (Å²) in [5.74, 6) is 0.0397. The van der Waals surface area contributed by atoms with Gasteiger partial charge in [-0.15, -0.1) is 0 Å². The Morgan fingerprint density at radius 3 is 2.50 bits per heavy atom. The molecule has 0 spiro atoms. The number of hydrogen-bond donors (Lipinski definition) is 3. The molecule has 1 atom stereocenters. The van der Waals surface area contributed by atoms with Crippen LogP contribution in [0.4, 0.5) is 0 Å². The molecule has 228 valence electrons. The van der Waals surface area contributed by atoms with Gasteiger partial charge >= 0.3 is 0 Å². The standard InChI is InChI=1S/C32H32ClN5O6/c33-24-5-3-4-20(16-24)13-15-35-31(40)22-9-7-21(8-10-22)17-28-37-30(38-44-28)29(39)25(6-1-2-14-34)36-32(41)23-11-12-26-27(18-23)43-19-42-26/h3-5,7-12,16,18,25H,1-2,6,13-15,17,19,34H2,(H,35,40)(H,36,41). The first kappa shape index (κ1) is 30.7. The molecule has 4 N–H and O–H groups in total. The average molecular weight is 618 g/mol. The Kier molecular flexibility index (Phi) is 10.2. The van der Waals surface area contributed by atoms with Gasteiger partial charge in [0.05, 0.1) is 12.5 Å². The zero-order valence-corrected chi connectivity index (χ0v) is 24.6. The van der Waals surface area contributed by atoms with Gasteiger partial charge in [-0.2, -0.15) is 4.98 Å². The molecular weight excluding hydrogens is 586 g/mol. The second-order valence-corrected chi connectivity index (χ2v) is 10.7. The quantitative estimate of drug-likeness (QED) is 0.140. The Morgan fingerprint density at radius 2 is 1.70 bits per heavy atom. The number of aromatic nitrogens is 2. The fourth-order valence-electron chi connectivity index (χ4n) is 4.69. The number of nitrogens with one attached hydrogen (secondary N) is 2. The van der Waals surface area contributed by atoms with Crippen molar-refractivity contribution in [2.24, 2.45) is 5.73 Å². The van der Waals surface area contributed by atoms with Crippen LogP contribution < -0.4 is 25.8 Å². The fourth-order valence-corrected chi connectivity index (χ4v) is 4.90. The summed E-state index contributed by atoms with van der Waals surface area (Å²) in [6.07, 6.45) is 2.60. The lowest BCUT2D eigenvalue weighted by molar-refractivity contribution is 0.0843. The van der Waals surface area contributed by atoms with Gasteiger partial charge in [-0.05, 0) is 85.8 Å². The zero-order valence-electron chi connectivity index (χ0n) is 23.9. The van der Waals surface area contributed by atoms with Crippen LogP contribution in [0.3, 0.4) is 0 Å². The van der Waals surface area contributed by atoms with E-state index in [1.54, 1.807) is 42.5 Å². The van der Waals surface area contributed by atoms with Crippen LogP contribution in [-0.2, 0) is 12.8 Å². The van der Waals surface area contributed by atoms with Gasteiger partial charge in [-0.25, -0.2) is 0 Å². The number of Topliss-reactive ketones (excluding diaryl/α,β-unsaturated/α-hetero) is 1. The number of amides is 2. The first-order valence-electron chi connectivity index (χ1n) is 14.3. The van der Waals surface area contributed by atoms with Gasteiger partial charge in [0.1, 0.15) is 0 Å². The normalized spacial score (nSPS) is 12.5. The molecule has 3 aromatic carbocycles. The summed E-state index contributed by atoms with van der Waals surface area (Å²) < 4.78 is 16.0. The Labute approximate surface area is 259 Å². The number of hydrogen-bond acceptors (Lipinski definition) is 9. The number of nitrogens with zero attached hydrogens (tertiary/aromatic N) is 2. The number of ketones is 1. The molecule has 1 aliphatic heterocycles. The second kappa shape index (κ2) is 14.6. The van der Waals surface area contributed by atoms with E-state index in [-0.39, 0.29) is 30.8 Å². The molecule has 5 rings (SSSR count). The number of halogens is 1. The molecule has 2 amide bonds. The number of ether oxygens (including phenoxy) is 2. The molecule has 1 aliphatic rings. The Bertz CT molecular complexity index is 1620. The molecule has 11 nitrogen and oxygen atoms in total. The van der Waals surface area contributed by atoms with Gasteiger partial charge in [-0.3, -0.25) is 14.4 Å². The van der Waals surface area contributed by atoms with Crippen LogP contribution in [0.25, 0.3) is 0 Å². The van der Waals surface area contributed by atoms with Gasteiger partial charge in [0.15, 0.2) is 11.5 Å². The minimum Gasteiger partial charge on any atom is -0.454 e. The molecule has 0 saturated carbocycles. The van der Waals surface area contributed by atoms with E-state index < -0.39 is 17.7 Å². The second-order valence-electron chi connectivity index (χ2n) is 10.3. The Morgan fingerprint density at radius 1 is 0.909 bits per heavy atom. The van der Waals surface area contributed by atoms with Gasteiger partial charge in [0.2, 0.25) is 24.3 Å². The van der Waals surface area contributed by atoms with Gasteiger partial charge < -0.3 is 30.4 Å². The maximum Gasteiger partial charge on any atom is 0.252 e. The topological polar surface area (TPSA) is 159 Å². The highest BCUT2D eigenvalue weighted by Crippen LogP contribution is 2.32. The minimum atomic E-state index is -0.874. The van der Waals surface area contributed by atoms with Crippen LogP contribution in [0.1, 0.15) is 67.6 Å². The first-order valence-corrected chi connectivity index (χ1v) is 14.7. The molecule has 12 heteroatoms. The van der Waals surface area contributed by atoms with E-state index in [1.807, 2.05) is 24.3 Å². The smallest absolute Gasteiger partial charge is 0.252 e. The first-order chi connectivity index (χ1) is 21.4. The van der Waals surface area contributed by atoms with Crippen molar-refractivity contribution < 1.29 is 28.4 Å². The van der Waals surface area contributed by atoms with Crippen molar-refractivity contribution in [2.75, 3.05) is 19.9 Å². The van der Waals surface area contributed by atoms with E-state index in [1.165, 1.54) is 0 Å². The highest BCUT2D eigenvalue weighted by atomic mass is 35.5. The number of unbranched alkanes of at least 4 members (excludes halogenated alkanes) is 1. The lowest BCUT2D eigenvalue weighted by Gasteiger charge is -2.16. The molecule has 4 aromatic rings. The number of carbonyl (C=O) groups excluding carboxylic acids is 3. The summed E-state index contributed by atoms with van der Waals surface area (Å²) in [5.41, 5.74) is 8.34. The molecule has 0 aliphatic carbocycles. The molecule has 0 fully saturated rings. The van der Waals surface area contributed by atoms with Crippen molar-refractivity contribution in [3.63, 3.8) is 0 Å². The molecular formula is C32H32ClN5O6. The summed E-state index contributed by atoms with van der Waals surface area (Å²) in [5, 5.41) is 10.2. The fraction of sp³-hybridized carbons (Fsp3) is 0.281. The summed E-state index contributed by atoms with van der Waals surface area (Å²) in [6, 6.07) is 18.5. The van der Waals surface area contributed by atoms with Crippen molar-refractivity contribution >= 4 is 29.2 Å². The Hall–Kier alpha value is -4.74. The summed E-state index contributed by atoms with van der Waals surface area (Å²) >= 11 is 6.02. The van der Waals surface area contributed by atoms with Crippen LogP contribution in [0.2, 0.25) is 5.02 Å². The summed E-state index contributed by atoms with van der Waals surface area (Å²) in [7, 11) is 0. The number of rotatable bonds is 14. The van der Waals surface area contributed by atoms with Gasteiger partial charge in [0.25, 0.3) is 11.8 Å². The summed E-state index contributed by atoms with van der Waals surface area (Å²) in [4.78, 5) is 43.2. The minimum absolute atomic E-state index is 0.0891. The lowest BCUT2D eigenvalue weighted by atomic mass is 10.0. The van der Waals surface area contributed by atoms with Crippen LogP contribution in [-0.4, -0.2) is 53.7 Å². The third-order valence-corrected chi connectivity index (χ3v) is 7.29. The van der Waals surface area contributed by atoms with E-state index >= 15 is 0 Å². The van der Waals surface area contributed by atoms with Crippen LogP contribution in [0, 0.1) is 0 Å². The highest BCUT2D eigenvalue weighted by Gasteiger charge is 2.27. The zero-order chi connectivity index (χ0) is 30.9. The van der Waals surface area contributed by atoms with Crippen molar-refractivity contribution in [3.05, 3.63) is 106 Å². The van der Waals surface area contributed by atoms with Crippen LogP contribution in [0.5, 0.6) is 11.5 Å². The third kappa shape index (κ3) is 8.00. The van der Waals surface area contributed by atoms with Crippen LogP contribution >= 0.6 is 11.6 Å². The predicted octanol–water partition coefficient (Wildman–Crippen LogP) is 4.13. The molecule has 0 radical (unpaired) electrons. The van der Waals surface area contributed by atoms with Crippen LogP contribution in [0.15, 0.2) is 71.3 Å². The monoisotopic (exact) mass is 617 g/mol. The third-order valence-electron chi connectivity index (χ3n) is 7.05. The Balaban J connectivity index is 1.17. The van der Waals surface area contributed by atoms with E-state index in [0.29, 0.717) is 66.4 Å². The summed E-state index contributed by atoms with van der Waals surface area (Å²) in [6.45, 7) is 1.03. The molecule has 44 heavy (non-hydrogen) atoms. The maximum absolute atomic E-state index is 13.3. The number of benzene rings is 3.